The quantitative estimate of drug-likeness (QED) is 0.304. The third-order valence-corrected chi connectivity index (χ3v) is 5.34. The number of aromatic amines is 1. The van der Waals surface area contributed by atoms with Gasteiger partial charge in [0.2, 0.25) is 0 Å². The van der Waals surface area contributed by atoms with Gasteiger partial charge in [0.05, 0.1) is 32.8 Å². The molecule has 0 unspecified atom stereocenters. The predicted octanol–water partition coefficient (Wildman–Crippen LogP) is 6.80. The summed E-state index contributed by atoms with van der Waals surface area (Å²) < 4.78 is 10.7. The molecule has 0 spiro atoms. The van der Waals surface area contributed by atoms with E-state index in [1.54, 1.807) is 54.7 Å². The van der Waals surface area contributed by atoms with Crippen LogP contribution in [0, 0.1) is 0 Å². The molecule has 5 aromatic rings. The highest BCUT2D eigenvalue weighted by molar-refractivity contribution is 6.39. The lowest BCUT2D eigenvalue weighted by molar-refractivity contribution is 0.215. The second kappa shape index (κ2) is 8.37. The molecule has 2 heterocycles. The minimum atomic E-state index is -0.620. The Morgan fingerprint density at radius 3 is 2.53 bits per heavy atom. The number of ether oxygens (including phenoxy) is 1. The van der Waals surface area contributed by atoms with Crippen LogP contribution in [0.1, 0.15) is 0 Å². The van der Waals surface area contributed by atoms with Crippen LogP contribution >= 0.6 is 23.2 Å². The Morgan fingerprint density at radius 1 is 1.03 bits per heavy atom. The number of H-pyrrole nitrogens is 1. The highest BCUT2D eigenvalue weighted by Gasteiger charge is 2.14. The van der Waals surface area contributed by atoms with Gasteiger partial charge in [-0.15, -0.1) is 0 Å². The Kier molecular flexibility index (Phi) is 5.26. The standard InChI is InChI=1S/C23H14Cl2N4O3/c24-16-2-1-3-17(25)21(16)22-28-18-9-8-15(10-19(18)29-22)32-23(30)27-14-6-4-13(5-7-14)20-11-26-12-31-20/h1-12H,(H,27,30)(H,28,29). The van der Waals surface area contributed by atoms with E-state index in [1.807, 2.05) is 12.1 Å². The molecule has 0 aliphatic heterocycles. The van der Waals surface area contributed by atoms with Crippen LogP contribution in [0.4, 0.5) is 10.5 Å². The molecule has 0 atom stereocenters. The number of imidazole rings is 1. The molecule has 0 fully saturated rings. The van der Waals surface area contributed by atoms with Gasteiger partial charge in [-0.2, -0.15) is 0 Å². The van der Waals surface area contributed by atoms with Crippen molar-refractivity contribution >= 4 is 46.0 Å². The first kappa shape index (κ1) is 20.1. The van der Waals surface area contributed by atoms with Gasteiger partial charge in [0, 0.05) is 17.3 Å². The monoisotopic (exact) mass is 464 g/mol. The molecule has 2 N–H and O–H groups in total. The highest BCUT2D eigenvalue weighted by atomic mass is 35.5. The summed E-state index contributed by atoms with van der Waals surface area (Å²) in [6.07, 6.45) is 2.36. The first-order valence-corrected chi connectivity index (χ1v) is 10.2. The van der Waals surface area contributed by atoms with Crippen molar-refractivity contribution in [1.29, 1.82) is 0 Å². The molecule has 7 nitrogen and oxygen atoms in total. The molecule has 0 aliphatic carbocycles. The van der Waals surface area contributed by atoms with Crippen molar-refractivity contribution in [3.63, 3.8) is 0 Å². The molecule has 1 amide bonds. The fourth-order valence-electron chi connectivity index (χ4n) is 3.22. The van der Waals surface area contributed by atoms with Crippen molar-refractivity contribution < 1.29 is 13.9 Å². The zero-order chi connectivity index (χ0) is 22.1. The lowest BCUT2D eigenvalue weighted by atomic mass is 10.2. The maximum atomic E-state index is 12.3. The lowest BCUT2D eigenvalue weighted by Gasteiger charge is -2.07. The van der Waals surface area contributed by atoms with Crippen LogP contribution in [0.3, 0.4) is 0 Å². The van der Waals surface area contributed by atoms with Gasteiger partial charge in [-0.25, -0.2) is 14.8 Å². The van der Waals surface area contributed by atoms with E-state index in [0.29, 0.717) is 49.7 Å². The Balaban J connectivity index is 1.31. The van der Waals surface area contributed by atoms with Gasteiger partial charge in [0.25, 0.3) is 0 Å². The molecule has 9 heteroatoms. The van der Waals surface area contributed by atoms with Crippen molar-refractivity contribution in [2.45, 2.75) is 0 Å². The van der Waals surface area contributed by atoms with Gasteiger partial charge in [-0.05, 0) is 48.5 Å². The summed E-state index contributed by atoms with van der Waals surface area (Å²) in [5.74, 6) is 1.53. The molecule has 3 aromatic carbocycles. The summed E-state index contributed by atoms with van der Waals surface area (Å²) in [4.78, 5) is 23.9. The predicted molar refractivity (Wildman–Crippen MR) is 123 cm³/mol. The number of hydrogen-bond acceptors (Lipinski definition) is 5. The van der Waals surface area contributed by atoms with E-state index < -0.39 is 6.09 Å². The minimum absolute atomic E-state index is 0.355. The van der Waals surface area contributed by atoms with Crippen LogP contribution in [0.2, 0.25) is 10.0 Å². The summed E-state index contributed by atoms with van der Waals surface area (Å²) >= 11 is 12.6. The zero-order valence-electron chi connectivity index (χ0n) is 16.3. The smallest absolute Gasteiger partial charge is 0.417 e. The van der Waals surface area contributed by atoms with Crippen molar-refractivity contribution in [1.82, 2.24) is 15.0 Å². The topological polar surface area (TPSA) is 93.0 Å². The molecule has 2 aromatic heterocycles. The summed E-state index contributed by atoms with van der Waals surface area (Å²) in [5, 5.41) is 3.66. The van der Waals surface area contributed by atoms with Crippen LogP contribution in [0.5, 0.6) is 5.75 Å². The number of anilines is 1. The third-order valence-electron chi connectivity index (χ3n) is 4.71. The number of fused-ring (bicyclic) bond motifs is 1. The van der Waals surface area contributed by atoms with Crippen molar-refractivity contribution in [3.8, 4) is 28.5 Å². The van der Waals surface area contributed by atoms with Crippen molar-refractivity contribution in [3.05, 3.63) is 83.3 Å². The van der Waals surface area contributed by atoms with Crippen LogP contribution in [0.25, 0.3) is 33.7 Å². The first-order chi connectivity index (χ1) is 15.6. The number of hydrogen-bond donors (Lipinski definition) is 2. The molecular formula is C23H14Cl2N4O3. The number of benzene rings is 3. The molecule has 5 rings (SSSR count). The largest absolute Gasteiger partial charge is 0.444 e. The normalized spacial score (nSPS) is 10.9. The van der Waals surface area contributed by atoms with E-state index in [0.717, 1.165) is 5.56 Å². The number of nitrogens with zero attached hydrogens (tertiary/aromatic N) is 2. The number of carbonyl (C=O) groups excluding carboxylic acids is 1. The second-order valence-corrected chi connectivity index (χ2v) is 7.63. The van der Waals surface area contributed by atoms with E-state index in [2.05, 4.69) is 20.3 Å². The molecule has 0 aliphatic rings. The van der Waals surface area contributed by atoms with Crippen molar-refractivity contribution in [2.75, 3.05) is 5.32 Å². The number of carbonyl (C=O) groups is 1. The average molecular weight is 465 g/mol. The van der Waals surface area contributed by atoms with Crippen LogP contribution < -0.4 is 10.1 Å². The molecular weight excluding hydrogens is 451 g/mol. The van der Waals surface area contributed by atoms with E-state index >= 15 is 0 Å². The molecule has 0 saturated carbocycles. The molecule has 0 saturated heterocycles. The van der Waals surface area contributed by atoms with E-state index in [9.17, 15) is 4.79 Å². The molecule has 32 heavy (non-hydrogen) atoms. The third kappa shape index (κ3) is 4.03. The number of halogens is 2. The summed E-state index contributed by atoms with van der Waals surface area (Å²) in [6, 6.07) is 17.5. The van der Waals surface area contributed by atoms with Crippen LogP contribution in [-0.2, 0) is 0 Å². The Bertz CT molecular complexity index is 1390. The Hall–Kier alpha value is -3.81. The maximum absolute atomic E-state index is 12.3. The first-order valence-electron chi connectivity index (χ1n) is 9.49. The number of rotatable bonds is 4. The average Bonchev–Trinajstić information content (AvgIpc) is 3.44. The summed E-state index contributed by atoms with van der Waals surface area (Å²) in [7, 11) is 0. The fraction of sp³-hybridized carbons (Fsp3) is 0. The number of nitrogens with one attached hydrogen (secondary N) is 2. The molecule has 0 radical (unpaired) electrons. The second-order valence-electron chi connectivity index (χ2n) is 6.82. The Labute approximate surface area is 192 Å². The van der Waals surface area contributed by atoms with Crippen LogP contribution in [-0.4, -0.2) is 21.0 Å². The van der Waals surface area contributed by atoms with Crippen molar-refractivity contribution in [2.24, 2.45) is 0 Å². The lowest BCUT2D eigenvalue weighted by Crippen LogP contribution is -2.16. The number of aromatic nitrogens is 3. The number of oxazole rings is 1. The van der Waals surface area contributed by atoms with E-state index in [1.165, 1.54) is 6.39 Å². The maximum Gasteiger partial charge on any atom is 0.417 e. The molecule has 158 valence electrons. The van der Waals surface area contributed by atoms with E-state index in [-0.39, 0.29) is 0 Å². The van der Waals surface area contributed by atoms with Gasteiger partial charge in [0.1, 0.15) is 11.6 Å². The summed E-state index contributed by atoms with van der Waals surface area (Å²) in [6.45, 7) is 0. The SMILES string of the molecule is O=C(Nc1ccc(-c2cnco2)cc1)Oc1ccc2nc(-c3c(Cl)cccc3Cl)[nH]c2c1. The fourth-order valence-corrected chi connectivity index (χ4v) is 3.80. The van der Waals surface area contributed by atoms with Gasteiger partial charge in [-0.1, -0.05) is 29.3 Å². The van der Waals surface area contributed by atoms with E-state index in [4.69, 9.17) is 32.4 Å². The molecule has 0 bridgehead atoms. The van der Waals surface area contributed by atoms with Gasteiger partial charge < -0.3 is 14.1 Å². The highest BCUT2D eigenvalue weighted by Crippen LogP contribution is 2.34. The van der Waals surface area contributed by atoms with Gasteiger partial charge in [-0.3, -0.25) is 5.32 Å². The minimum Gasteiger partial charge on any atom is -0.444 e. The van der Waals surface area contributed by atoms with Gasteiger partial charge >= 0.3 is 6.09 Å². The number of amides is 1. The summed E-state index contributed by atoms with van der Waals surface area (Å²) in [5.41, 5.74) is 3.41. The Morgan fingerprint density at radius 2 is 1.81 bits per heavy atom. The van der Waals surface area contributed by atoms with Crippen LogP contribution in [0.15, 0.2) is 77.7 Å². The zero-order valence-corrected chi connectivity index (χ0v) is 17.8. The van der Waals surface area contributed by atoms with Gasteiger partial charge in [0.15, 0.2) is 12.2 Å².